The molecule has 1 aromatic heterocycles. The van der Waals surface area contributed by atoms with Gasteiger partial charge in [0.15, 0.2) is 5.76 Å². The van der Waals surface area contributed by atoms with Crippen molar-refractivity contribution in [1.29, 1.82) is 0 Å². The van der Waals surface area contributed by atoms with Crippen molar-refractivity contribution in [3.8, 4) is 0 Å². The lowest BCUT2D eigenvalue weighted by Gasteiger charge is -2.36. The third kappa shape index (κ3) is 5.25. The molecule has 1 aliphatic heterocycles. The summed E-state index contributed by atoms with van der Waals surface area (Å²) in [6.07, 6.45) is 0. The quantitative estimate of drug-likeness (QED) is 0.511. The largest absolute Gasteiger partial charge is 0.455 e. The lowest BCUT2D eigenvalue weighted by Crippen LogP contribution is -2.49. The Balaban J connectivity index is 1.32. The molecule has 168 valence electrons. The minimum absolute atomic E-state index is 0.111. The van der Waals surface area contributed by atoms with Crippen molar-refractivity contribution < 1.29 is 13.4 Å². The highest BCUT2D eigenvalue weighted by molar-refractivity contribution is 7.83. The van der Waals surface area contributed by atoms with E-state index in [0.717, 1.165) is 18.7 Å². The number of hydrogen-bond donors (Lipinski definition) is 0. The van der Waals surface area contributed by atoms with Crippen LogP contribution < -0.4 is 4.90 Å². The normalized spacial score (nSPS) is 15.1. The number of carbonyl (C=O) groups excluding carboxylic acids is 1. The number of aryl methyl sites for hydroxylation is 1. The Morgan fingerprint density at radius 2 is 1.69 bits per heavy atom. The maximum Gasteiger partial charge on any atom is 0.289 e. The van der Waals surface area contributed by atoms with Crippen LogP contribution in [0.1, 0.15) is 33.0 Å². The Labute approximate surface area is 196 Å². The van der Waals surface area contributed by atoms with Crippen molar-refractivity contribution in [3.05, 3.63) is 87.8 Å². The summed E-state index contributed by atoms with van der Waals surface area (Å²) in [5, 5.41) is 0.656. The van der Waals surface area contributed by atoms with Crippen molar-refractivity contribution in [2.24, 2.45) is 0 Å². The number of piperazine rings is 1. The molecule has 0 aliphatic carbocycles. The minimum Gasteiger partial charge on any atom is -0.455 e. The van der Waals surface area contributed by atoms with E-state index in [9.17, 15) is 9.00 Å². The summed E-state index contributed by atoms with van der Waals surface area (Å²) in [6, 6.07) is 17.1. The number of benzene rings is 2. The molecule has 0 unspecified atom stereocenters. The van der Waals surface area contributed by atoms with Crippen molar-refractivity contribution >= 4 is 34.0 Å². The third-order valence-electron chi connectivity index (χ3n) is 5.90. The minimum atomic E-state index is -1.13. The molecule has 0 saturated carbocycles. The van der Waals surface area contributed by atoms with Crippen LogP contribution in [0.3, 0.4) is 0 Å². The lowest BCUT2D eigenvalue weighted by atomic mass is 10.1. The van der Waals surface area contributed by atoms with Gasteiger partial charge < -0.3 is 14.2 Å². The molecule has 1 saturated heterocycles. The standard InChI is InChI=1S/C25H27ClN2O3S/c1-18-4-3-5-23(19(18)2)27-12-14-28(15-13-27)25(29)24-11-10-22(31-24)17-32(30)16-20-6-8-21(26)9-7-20/h3-11H,12-17H2,1-2H3/t32-/m1/s1. The van der Waals surface area contributed by atoms with Crippen LogP contribution in [0.5, 0.6) is 0 Å². The molecule has 0 bridgehead atoms. The van der Waals surface area contributed by atoms with E-state index in [-0.39, 0.29) is 11.7 Å². The zero-order chi connectivity index (χ0) is 22.7. The summed E-state index contributed by atoms with van der Waals surface area (Å²) in [7, 11) is -1.13. The van der Waals surface area contributed by atoms with Gasteiger partial charge in [0.25, 0.3) is 5.91 Å². The molecule has 1 atom stereocenters. The van der Waals surface area contributed by atoms with E-state index in [0.29, 0.717) is 35.4 Å². The van der Waals surface area contributed by atoms with Gasteiger partial charge in [-0.15, -0.1) is 0 Å². The van der Waals surface area contributed by atoms with Gasteiger partial charge in [0.2, 0.25) is 0 Å². The lowest BCUT2D eigenvalue weighted by molar-refractivity contribution is 0.0713. The summed E-state index contributed by atoms with van der Waals surface area (Å²) < 4.78 is 18.2. The molecule has 3 aromatic rings. The fraction of sp³-hybridized carbons (Fsp3) is 0.320. The first-order valence-electron chi connectivity index (χ1n) is 10.7. The van der Waals surface area contributed by atoms with Crippen LogP contribution in [0.15, 0.2) is 59.0 Å². The fourth-order valence-electron chi connectivity index (χ4n) is 3.93. The average molecular weight is 471 g/mol. The second-order valence-corrected chi connectivity index (χ2v) is 10.0. The Morgan fingerprint density at radius 3 is 2.41 bits per heavy atom. The molecule has 32 heavy (non-hydrogen) atoms. The van der Waals surface area contributed by atoms with Gasteiger partial charge >= 0.3 is 0 Å². The predicted octanol–water partition coefficient (Wildman–Crippen LogP) is 4.96. The molecule has 7 heteroatoms. The number of anilines is 1. The Kier molecular flexibility index (Phi) is 7.01. The first kappa shape index (κ1) is 22.6. The van der Waals surface area contributed by atoms with Gasteiger partial charge in [0.05, 0.1) is 5.75 Å². The van der Waals surface area contributed by atoms with Crippen LogP contribution in [-0.4, -0.2) is 41.2 Å². The summed E-state index contributed by atoms with van der Waals surface area (Å²) in [4.78, 5) is 17.1. The number of furan rings is 1. The number of nitrogens with zero attached hydrogens (tertiary/aromatic N) is 2. The Morgan fingerprint density at radius 1 is 0.969 bits per heavy atom. The van der Waals surface area contributed by atoms with Gasteiger partial charge in [-0.3, -0.25) is 9.00 Å². The van der Waals surface area contributed by atoms with Gasteiger partial charge in [-0.1, -0.05) is 35.9 Å². The van der Waals surface area contributed by atoms with Crippen LogP contribution in [0.2, 0.25) is 5.02 Å². The van der Waals surface area contributed by atoms with Crippen molar-refractivity contribution in [2.45, 2.75) is 25.4 Å². The number of rotatable bonds is 6. The van der Waals surface area contributed by atoms with E-state index in [1.165, 1.54) is 16.8 Å². The SMILES string of the molecule is Cc1cccc(N2CCN(C(=O)c3ccc(C[S@](=O)Cc4ccc(Cl)cc4)o3)CC2)c1C. The molecule has 0 radical (unpaired) electrons. The maximum atomic E-state index is 12.9. The van der Waals surface area contributed by atoms with Crippen molar-refractivity contribution in [2.75, 3.05) is 31.1 Å². The van der Waals surface area contributed by atoms with Crippen LogP contribution in [-0.2, 0) is 22.3 Å². The van der Waals surface area contributed by atoms with Gasteiger partial charge in [-0.2, -0.15) is 0 Å². The summed E-state index contributed by atoms with van der Waals surface area (Å²) >= 11 is 5.90. The smallest absolute Gasteiger partial charge is 0.289 e. The monoisotopic (exact) mass is 470 g/mol. The molecular formula is C25H27ClN2O3S. The van der Waals surface area contributed by atoms with Gasteiger partial charge in [-0.05, 0) is 60.9 Å². The second-order valence-electron chi connectivity index (χ2n) is 8.12. The van der Waals surface area contributed by atoms with E-state index in [4.69, 9.17) is 16.0 Å². The molecule has 1 fully saturated rings. The highest BCUT2D eigenvalue weighted by Crippen LogP contribution is 2.24. The van der Waals surface area contributed by atoms with E-state index < -0.39 is 10.8 Å². The highest BCUT2D eigenvalue weighted by Gasteiger charge is 2.25. The zero-order valence-corrected chi connectivity index (χ0v) is 19.9. The predicted molar refractivity (Wildman–Crippen MR) is 130 cm³/mol. The molecule has 1 aliphatic rings. The van der Waals surface area contributed by atoms with Crippen molar-refractivity contribution in [1.82, 2.24) is 4.90 Å². The number of carbonyl (C=O) groups is 1. The van der Waals surface area contributed by atoms with Gasteiger partial charge in [0.1, 0.15) is 5.76 Å². The first-order chi connectivity index (χ1) is 15.4. The van der Waals surface area contributed by atoms with E-state index >= 15 is 0 Å². The topological polar surface area (TPSA) is 53.8 Å². The van der Waals surface area contributed by atoms with Crippen molar-refractivity contribution in [3.63, 3.8) is 0 Å². The molecule has 5 nitrogen and oxygen atoms in total. The first-order valence-corrected chi connectivity index (χ1v) is 12.6. The maximum absolute atomic E-state index is 12.9. The summed E-state index contributed by atoms with van der Waals surface area (Å²) in [5.74, 6) is 1.45. The average Bonchev–Trinajstić information content (AvgIpc) is 3.25. The van der Waals surface area contributed by atoms with E-state index in [2.05, 4.69) is 36.9 Å². The fourth-order valence-corrected chi connectivity index (χ4v) is 5.20. The molecule has 4 rings (SSSR count). The van der Waals surface area contributed by atoms with E-state index in [1.807, 2.05) is 17.0 Å². The number of halogens is 1. The second kappa shape index (κ2) is 9.92. The summed E-state index contributed by atoms with van der Waals surface area (Å²) in [5.41, 5.74) is 4.75. The Hall–Kier alpha value is -2.57. The van der Waals surface area contributed by atoms with E-state index in [1.54, 1.807) is 24.3 Å². The van der Waals surface area contributed by atoms with Gasteiger partial charge in [0, 0.05) is 53.4 Å². The van der Waals surface area contributed by atoms with Crippen LogP contribution in [0.4, 0.5) is 5.69 Å². The zero-order valence-electron chi connectivity index (χ0n) is 18.3. The molecule has 2 heterocycles. The highest BCUT2D eigenvalue weighted by atomic mass is 35.5. The van der Waals surface area contributed by atoms with Crippen LogP contribution in [0.25, 0.3) is 0 Å². The van der Waals surface area contributed by atoms with Crippen LogP contribution >= 0.6 is 11.6 Å². The van der Waals surface area contributed by atoms with Crippen LogP contribution in [0, 0.1) is 13.8 Å². The molecule has 0 spiro atoms. The summed E-state index contributed by atoms with van der Waals surface area (Å²) in [6.45, 7) is 7.12. The molecular weight excluding hydrogens is 444 g/mol. The number of hydrogen-bond acceptors (Lipinski definition) is 4. The van der Waals surface area contributed by atoms with Gasteiger partial charge in [-0.25, -0.2) is 0 Å². The molecule has 0 N–H and O–H groups in total. The number of amides is 1. The molecule has 2 aromatic carbocycles. The Bertz CT molecular complexity index is 1120. The molecule has 1 amide bonds. The third-order valence-corrected chi connectivity index (χ3v) is 7.41.